The van der Waals surface area contributed by atoms with Crippen LogP contribution in [0, 0.1) is 0 Å². The minimum atomic E-state index is -0.458. The van der Waals surface area contributed by atoms with Crippen LogP contribution in [0.25, 0.3) is 0 Å². The molecular weight excluding hydrogens is 412 g/mol. The van der Waals surface area contributed by atoms with Gasteiger partial charge in [0.25, 0.3) is 0 Å². The minimum Gasteiger partial charge on any atom is -0.497 e. The van der Waals surface area contributed by atoms with Crippen molar-refractivity contribution in [2.45, 2.75) is 44.3 Å². The van der Waals surface area contributed by atoms with E-state index in [-0.39, 0.29) is 30.6 Å². The van der Waals surface area contributed by atoms with Crippen molar-refractivity contribution in [1.82, 2.24) is 0 Å². The van der Waals surface area contributed by atoms with Gasteiger partial charge in [-0.1, -0.05) is 25.5 Å². The summed E-state index contributed by atoms with van der Waals surface area (Å²) < 4.78 is 5.12. The summed E-state index contributed by atoms with van der Waals surface area (Å²) in [5.41, 5.74) is 2.58. The molecule has 0 saturated carbocycles. The second kappa shape index (κ2) is 11.0. The molecule has 2 aromatic carbocycles. The number of benzene rings is 2. The number of nitrogens with zero attached hydrogens (tertiary/aromatic N) is 1. The lowest BCUT2D eigenvalue weighted by Crippen LogP contribution is -2.31. The van der Waals surface area contributed by atoms with E-state index in [1.54, 1.807) is 31.4 Å². The number of rotatable bonds is 10. The van der Waals surface area contributed by atoms with Crippen molar-refractivity contribution >= 4 is 40.9 Å². The topological polar surface area (TPSA) is 75.7 Å². The van der Waals surface area contributed by atoms with E-state index in [1.165, 1.54) is 22.2 Å². The van der Waals surface area contributed by atoms with Gasteiger partial charge in [-0.2, -0.15) is 0 Å². The average Bonchev–Trinajstić information content (AvgIpc) is 3.06. The third-order valence-electron chi connectivity index (χ3n) is 5.14. The third kappa shape index (κ3) is 6.10. The minimum absolute atomic E-state index is 0.0995. The van der Waals surface area contributed by atoms with Gasteiger partial charge in [0.15, 0.2) is 0 Å². The molecule has 0 aromatic heterocycles. The molecular formula is C24H28N2O4S. The summed E-state index contributed by atoms with van der Waals surface area (Å²) in [6, 6.07) is 14.7. The molecule has 1 aliphatic rings. The maximum atomic E-state index is 12.7. The Kier molecular flexibility index (Phi) is 8.12. The van der Waals surface area contributed by atoms with Gasteiger partial charge in [-0.3, -0.25) is 14.4 Å². The standard InChI is InChI=1S/C24H28N2O4S/c1-3-4-5-17-6-8-18(9-7-17)25-22(27)14-15-31-21-16-23(28)26(24(21)29)19-10-12-20(30-2)13-11-19/h6-13,21H,3-5,14-16H2,1-2H3,(H,25,27)/t21-/m0/s1. The van der Waals surface area contributed by atoms with Crippen LogP contribution in [-0.2, 0) is 20.8 Å². The first kappa shape index (κ1) is 22.9. The van der Waals surface area contributed by atoms with Gasteiger partial charge in [0, 0.05) is 24.3 Å². The number of hydrogen-bond donors (Lipinski definition) is 1. The first-order chi connectivity index (χ1) is 15.0. The van der Waals surface area contributed by atoms with Gasteiger partial charge in [-0.25, -0.2) is 4.90 Å². The molecule has 0 unspecified atom stereocenters. The van der Waals surface area contributed by atoms with E-state index in [0.717, 1.165) is 24.9 Å². The Labute approximate surface area is 187 Å². The van der Waals surface area contributed by atoms with Crippen molar-refractivity contribution in [3.8, 4) is 5.75 Å². The number of ether oxygens (including phenoxy) is 1. The third-order valence-corrected chi connectivity index (χ3v) is 6.35. The number of carbonyl (C=O) groups excluding carboxylic acids is 3. The molecule has 0 bridgehead atoms. The molecule has 1 aliphatic heterocycles. The highest BCUT2D eigenvalue weighted by molar-refractivity contribution is 8.00. The van der Waals surface area contributed by atoms with Crippen molar-refractivity contribution < 1.29 is 19.1 Å². The zero-order valence-electron chi connectivity index (χ0n) is 17.9. The Morgan fingerprint density at radius 1 is 1.13 bits per heavy atom. The van der Waals surface area contributed by atoms with Gasteiger partial charge in [0.2, 0.25) is 17.7 Å². The van der Waals surface area contributed by atoms with E-state index in [9.17, 15) is 14.4 Å². The van der Waals surface area contributed by atoms with Gasteiger partial charge in [-0.05, 0) is 54.8 Å². The van der Waals surface area contributed by atoms with E-state index in [1.807, 2.05) is 24.3 Å². The Balaban J connectivity index is 1.46. The fourth-order valence-electron chi connectivity index (χ4n) is 3.39. The molecule has 0 spiro atoms. The largest absolute Gasteiger partial charge is 0.497 e. The number of hydrogen-bond acceptors (Lipinski definition) is 5. The summed E-state index contributed by atoms with van der Waals surface area (Å²) in [7, 11) is 1.56. The highest BCUT2D eigenvalue weighted by Crippen LogP contribution is 2.31. The fraction of sp³-hybridized carbons (Fsp3) is 0.375. The molecule has 3 amide bonds. The summed E-state index contributed by atoms with van der Waals surface area (Å²) in [6.45, 7) is 2.16. The van der Waals surface area contributed by atoms with Gasteiger partial charge in [0.1, 0.15) is 5.75 Å². The van der Waals surface area contributed by atoms with Crippen LogP contribution < -0.4 is 15.0 Å². The highest BCUT2D eigenvalue weighted by atomic mass is 32.2. The quantitative estimate of drug-likeness (QED) is 0.553. The molecule has 2 aromatic rings. The number of methoxy groups -OCH3 is 1. The second-order valence-electron chi connectivity index (χ2n) is 7.43. The molecule has 31 heavy (non-hydrogen) atoms. The van der Waals surface area contributed by atoms with Crippen LogP contribution in [-0.4, -0.2) is 35.8 Å². The summed E-state index contributed by atoms with van der Waals surface area (Å²) in [5, 5.41) is 2.43. The zero-order chi connectivity index (χ0) is 22.2. The maximum Gasteiger partial charge on any atom is 0.247 e. The molecule has 164 valence electrons. The smallest absolute Gasteiger partial charge is 0.247 e. The number of imide groups is 1. The van der Waals surface area contributed by atoms with Crippen LogP contribution in [0.3, 0.4) is 0 Å². The average molecular weight is 441 g/mol. The lowest BCUT2D eigenvalue weighted by Gasteiger charge is -2.15. The monoisotopic (exact) mass is 440 g/mol. The summed E-state index contributed by atoms with van der Waals surface area (Å²) in [4.78, 5) is 38.5. The van der Waals surface area contributed by atoms with E-state index in [4.69, 9.17) is 4.74 Å². The molecule has 1 atom stereocenters. The lowest BCUT2D eigenvalue weighted by atomic mass is 10.1. The SMILES string of the molecule is CCCCc1ccc(NC(=O)CCS[C@H]2CC(=O)N(c3ccc(OC)cc3)C2=O)cc1. The van der Waals surface area contributed by atoms with E-state index >= 15 is 0 Å². The molecule has 1 fully saturated rings. The van der Waals surface area contributed by atoms with Crippen molar-refractivity contribution in [3.63, 3.8) is 0 Å². The first-order valence-corrected chi connectivity index (χ1v) is 11.6. The van der Waals surface area contributed by atoms with Gasteiger partial charge < -0.3 is 10.1 Å². The van der Waals surface area contributed by atoms with Crippen LogP contribution in [0.5, 0.6) is 5.75 Å². The van der Waals surface area contributed by atoms with Gasteiger partial charge in [0.05, 0.1) is 18.0 Å². The second-order valence-corrected chi connectivity index (χ2v) is 8.74. The molecule has 7 heteroatoms. The highest BCUT2D eigenvalue weighted by Gasteiger charge is 2.39. The van der Waals surface area contributed by atoms with Gasteiger partial charge in [-0.15, -0.1) is 11.8 Å². The number of thioether (sulfide) groups is 1. The lowest BCUT2D eigenvalue weighted by molar-refractivity contribution is -0.121. The number of unbranched alkanes of at least 4 members (excludes halogenated alkanes) is 1. The number of amides is 3. The Bertz CT molecular complexity index is 912. The number of anilines is 2. The van der Waals surface area contributed by atoms with Crippen molar-refractivity contribution in [3.05, 3.63) is 54.1 Å². The summed E-state index contributed by atoms with van der Waals surface area (Å²) >= 11 is 1.35. The number of aryl methyl sites for hydroxylation is 1. The van der Waals surface area contributed by atoms with Crippen LogP contribution >= 0.6 is 11.8 Å². The Morgan fingerprint density at radius 2 is 1.84 bits per heavy atom. The molecule has 1 N–H and O–H groups in total. The van der Waals surface area contributed by atoms with E-state index in [2.05, 4.69) is 12.2 Å². The van der Waals surface area contributed by atoms with Crippen LogP contribution in [0.1, 0.15) is 38.2 Å². The van der Waals surface area contributed by atoms with Crippen molar-refractivity contribution in [2.75, 3.05) is 23.1 Å². The number of carbonyl (C=O) groups is 3. The van der Waals surface area contributed by atoms with E-state index in [0.29, 0.717) is 17.2 Å². The molecule has 6 nitrogen and oxygen atoms in total. The van der Waals surface area contributed by atoms with Crippen molar-refractivity contribution in [1.29, 1.82) is 0 Å². The zero-order valence-corrected chi connectivity index (χ0v) is 18.7. The maximum absolute atomic E-state index is 12.7. The summed E-state index contributed by atoms with van der Waals surface area (Å²) in [5.74, 6) is 0.581. The Hall–Kier alpha value is -2.80. The fourth-order valence-corrected chi connectivity index (χ4v) is 4.49. The molecule has 1 saturated heterocycles. The van der Waals surface area contributed by atoms with Crippen molar-refractivity contribution in [2.24, 2.45) is 0 Å². The predicted octanol–water partition coefficient (Wildman–Crippen LogP) is 4.43. The Morgan fingerprint density at radius 3 is 2.48 bits per heavy atom. The number of nitrogens with one attached hydrogen (secondary N) is 1. The van der Waals surface area contributed by atoms with Crippen LogP contribution in [0.2, 0.25) is 0 Å². The van der Waals surface area contributed by atoms with Crippen LogP contribution in [0.4, 0.5) is 11.4 Å². The van der Waals surface area contributed by atoms with E-state index < -0.39 is 5.25 Å². The summed E-state index contributed by atoms with van der Waals surface area (Å²) in [6.07, 6.45) is 3.78. The predicted molar refractivity (Wildman–Crippen MR) is 125 cm³/mol. The van der Waals surface area contributed by atoms with Crippen LogP contribution in [0.15, 0.2) is 48.5 Å². The molecule has 1 heterocycles. The molecule has 3 rings (SSSR count). The van der Waals surface area contributed by atoms with Gasteiger partial charge >= 0.3 is 0 Å². The molecule has 0 aliphatic carbocycles. The first-order valence-electron chi connectivity index (χ1n) is 10.5. The normalized spacial score (nSPS) is 15.9. The molecule has 0 radical (unpaired) electrons.